The first-order valence-electron chi connectivity index (χ1n) is 6.97. The van der Waals surface area contributed by atoms with Crippen LogP contribution in [-0.2, 0) is 14.3 Å². The lowest BCUT2D eigenvalue weighted by atomic mass is 9.77. The Morgan fingerprint density at radius 1 is 1.20 bits per heavy atom. The van der Waals surface area contributed by atoms with Crippen LogP contribution in [0.5, 0.6) is 0 Å². The van der Waals surface area contributed by atoms with Gasteiger partial charge in [0, 0.05) is 20.3 Å². The van der Waals surface area contributed by atoms with E-state index in [1.54, 1.807) is 7.11 Å². The van der Waals surface area contributed by atoms with E-state index < -0.39 is 17.5 Å². The van der Waals surface area contributed by atoms with Gasteiger partial charge < -0.3 is 25.2 Å². The molecule has 1 aliphatic rings. The number of ether oxygens (including phenoxy) is 2. The number of methoxy groups -OCH3 is 1. The number of carboxylic acids is 1. The molecule has 0 bridgehead atoms. The van der Waals surface area contributed by atoms with Crippen molar-refractivity contribution >= 4 is 12.0 Å². The van der Waals surface area contributed by atoms with Crippen molar-refractivity contribution in [2.75, 3.05) is 33.5 Å². The third-order valence-electron chi connectivity index (χ3n) is 3.40. The summed E-state index contributed by atoms with van der Waals surface area (Å²) in [5.41, 5.74) is -1.05. The van der Waals surface area contributed by atoms with Gasteiger partial charge in [0.25, 0.3) is 0 Å². The van der Waals surface area contributed by atoms with Crippen LogP contribution in [0.25, 0.3) is 0 Å². The standard InChI is InChI=1S/C13H24N2O5/c1-19-9-10-20-8-3-2-7-14-12(18)15-13(11(16)17)5-4-6-13/h2-10H2,1H3,(H,16,17)(H2,14,15,18). The molecule has 0 heterocycles. The quantitative estimate of drug-likeness (QED) is 0.515. The van der Waals surface area contributed by atoms with Crippen LogP contribution in [0, 0.1) is 0 Å². The largest absolute Gasteiger partial charge is 0.480 e. The Kier molecular flexibility index (Phi) is 7.32. The summed E-state index contributed by atoms with van der Waals surface area (Å²) in [6.45, 7) is 2.30. The van der Waals surface area contributed by atoms with Crippen LogP contribution < -0.4 is 10.6 Å². The lowest BCUT2D eigenvalue weighted by molar-refractivity contribution is -0.148. The summed E-state index contributed by atoms with van der Waals surface area (Å²) >= 11 is 0. The number of carboxylic acid groups (broad SMARTS) is 1. The minimum Gasteiger partial charge on any atom is -0.480 e. The van der Waals surface area contributed by atoms with Crippen molar-refractivity contribution < 1.29 is 24.2 Å². The molecule has 0 saturated heterocycles. The predicted molar refractivity (Wildman–Crippen MR) is 72.7 cm³/mol. The van der Waals surface area contributed by atoms with Crippen LogP contribution in [-0.4, -0.2) is 56.1 Å². The monoisotopic (exact) mass is 288 g/mol. The molecule has 0 radical (unpaired) electrons. The van der Waals surface area contributed by atoms with Gasteiger partial charge in [0.15, 0.2) is 0 Å². The highest BCUT2D eigenvalue weighted by atomic mass is 16.5. The molecule has 0 aromatic heterocycles. The lowest BCUT2D eigenvalue weighted by Gasteiger charge is -2.38. The van der Waals surface area contributed by atoms with Gasteiger partial charge in [-0.2, -0.15) is 0 Å². The van der Waals surface area contributed by atoms with Gasteiger partial charge in [0.05, 0.1) is 13.2 Å². The van der Waals surface area contributed by atoms with E-state index in [-0.39, 0.29) is 0 Å². The van der Waals surface area contributed by atoms with Crippen molar-refractivity contribution in [3.05, 3.63) is 0 Å². The fourth-order valence-corrected chi connectivity index (χ4v) is 1.96. The van der Waals surface area contributed by atoms with Crippen molar-refractivity contribution in [1.29, 1.82) is 0 Å². The topological polar surface area (TPSA) is 96.9 Å². The molecule has 1 fully saturated rings. The van der Waals surface area contributed by atoms with Crippen molar-refractivity contribution in [3.63, 3.8) is 0 Å². The number of hydrogen-bond donors (Lipinski definition) is 3. The van der Waals surface area contributed by atoms with E-state index in [1.807, 2.05) is 0 Å². The third kappa shape index (κ3) is 5.34. The van der Waals surface area contributed by atoms with Gasteiger partial charge in [-0.25, -0.2) is 9.59 Å². The number of urea groups is 1. The van der Waals surface area contributed by atoms with Gasteiger partial charge in [-0.05, 0) is 32.1 Å². The van der Waals surface area contributed by atoms with E-state index in [1.165, 1.54) is 0 Å². The number of nitrogens with one attached hydrogen (secondary N) is 2. The summed E-state index contributed by atoms with van der Waals surface area (Å²) in [5, 5.41) is 14.3. The Morgan fingerprint density at radius 2 is 1.95 bits per heavy atom. The number of carbonyl (C=O) groups is 2. The smallest absolute Gasteiger partial charge is 0.329 e. The van der Waals surface area contributed by atoms with Gasteiger partial charge >= 0.3 is 12.0 Å². The first-order chi connectivity index (χ1) is 9.60. The molecule has 0 aromatic rings. The Morgan fingerprint density at radius 3 is 2.50 bits per heavy atom. The molecule has 116 valence electrons. The summed E-state index contributed by atoms with van der Waals surface area (Å²) < 4.78 is 10.1. The van der Waals surface area contributed by atoms with Gasteiger partial charge in [0.1, 0.15) is 5.54 Å². The number of rotatable bonds is 10. The van der Waals surface area contributed by atoms with Crippen LogP contribution in [0.1, 0.15) is 32.1 Å². The second-order valence-electron chi connectivity index (χ2n) is 4.93. The van der Waals surface area contributed by atoms with Crippen LogP contribution in [0.2, 0.25) is 0 Å². The molecule has 1 aliphatic carbocycles. The summed E-state index contributed by atoms with van der Waals surface area (Å²) in [4.78, 5) is 22.7. The second-order valence-corrected chi connectivity index (χ2v) is 4.93. The molecule has 0 atom stereocenters. The highest BCUT2D eigenvalue weighted by molar-refractivity contribution is 5.87. The van der Waals surface area contributed by atoms with Crippen molar-refractivity contribution in [3.8, 4) is 0 Å². The highest BCUT2D eigenvalue weighted by Gasteiger charge is 2.45. The average molecular weight is 288 g/mol. The minimum absolute atomic E-state index is 0.410. The van der Waals surface area contributed by atoms with E-state index in [9.17, 15) is 9.59 Å². The zero-order chi connectivity index (χ0) is 14.8. The van der Waals surface area contributed by atoms with Gasteiger partial charge in [-0.3, -0.25) is 0 Å². The summed E-state index contributed by atoms with van der Waals surface area (Å²) in [6.07, 6.45) is 3.48. The van der Waals surface area contributed by atoms with Gasteiger partial charge in [0.2, 0.25) is 0 Å². The maximum absolute atomic E-state index is 11.6. The van der Waals surface area contributed by atoms with Gasteiger partial charge in [-0.15, -0.1) is 0 Å². The number of amides is 2. The fourth-order valence-electron chi connectivity index (χ4n) is 1.96. The van der Waals surface area contributed by atoms with E-state index in [2.05, 4.69) is 10.6 Å². The lowest BCUT2D eigenvalue weighted by Crippen LogP contribution is -2.61. The molecule has 20 heavy (non-hydrogen) atoms. The van der Waals surface area contributed by atoms with Crippen molar-refractivity contribution in [2.45, 2.75) is 37.6 Å². The van der Waals surface area contributed by atoms with Crippen LogP contribution in [0.3, 0.4) is 0 Å². The maximum atomic E-state index is 11.6. The van der Waals surface area contributed by atoms with Crippen LogP contribution in [0.15, 0.2) is 0 Å². The normalized spacial score (nSPS) is 16.2. The molecule has 2 amide bonds. The fraction of sp³-hybridized carbons (Fsp3) is 0.846. The molecule has 0 unspecified atom stereocenters. The zero-order valence-corrected chi connectivity index (χ0v) is 11.9. The Balaban J connectivity index is 2.02. The van der Waals surface area contributed by atoms with E-state index >= 15 is 0 Å². The van der Waals surface area contributed by atoms with Crippen molar-refractivity contribution in [1.82, 2.24) is 10.6 Å². The molecule has 0 spiro atoms. The average Bonchev–Trinajstić information content (AvgIpc) is 2.36. The molecule has 3 N–H and O–H groups in total. The molecular weight excluding hydrogens is 264 g/mol. The van der Waals surface area contributed by atoms with E-state index in [0.29, 0.717) is 39.2 Å². The molecule has 0 aromatic carbocycles. The summed E-state index contributed by atoms with van der Waals surface area (Å²) in [6, 6.07) is -0.410. The summed E-state index contributed by atoms with van der Waals surface area (Å²) in [7, 11) is 1.62. The van der Waals surface area contributed by atoms with Gasteiger partial charge in [-0.1, -0.05) is 0 Å². The SMILES string of the molecule is COCCOCCCCNC(=O)NC1(C(=O)O)CCC1. The number of aliphatic carboxylic acids is 1. The Bertz CT molecular complexity index is 318. The molecule has 0 aliphatic heterocycles. The van der Waals surface area contributed by atoms with Crippen molar-refractivity contribution in [2.24, 2.45) is 0 Å². The first kappa shape index (κ1) is 16.7. The van der Waals surface area contributed by atoms with E-state index in [0.717, 1.165) is 19.3 Å². The summed E-state index contributed by atoms with van der Waals surface area (Å²) in [5.74, 6) is -0.953. The van der Waals surface area contributed by atoms with E-state index in [4.69, 9.17) is 14.6 Å². The highest BCUT2D eigenvalue weighted by Crippen LogP contribution is 2.31. The third-order valence-corrected chi connectivity index (χ3v) is 3.40. The second kappa shape index (κ2) is 8.76. The number of unbranched alkanes of at least 4 members (excludes halogenated alkanes) is 1. The Labute approximate surface area is 119 Å². The first-order valence-corrected chi connectivity index (χ1v) is 6.97. The minimum atomic E-state index is -1.05. The molecule has 1 rings (SSSR count). The predicted octanol–water partition coefficient (Wildman–Crippen LogP) is 0.736. The zero-order valence-electron chi connectivity index (χ0n) is 11.9. The number of hydrogen-bond acceptors (Lipinski definition) is 4. The maximum Gasteiger partial charge on any atom is 0.329 e. The number of carbonyl (C=O) groups excluding carboxylic acids is 1. The molecule has 1 saturated carbocycles. The van der Waals surface area contributed by atoms with Crippen LogP contribution >= 0.6 is 0 Å². The molecule has 7 heteroatoms. The molecular formula is C13H24N2O5. The molecule has 7 nitrogen and oxygen atoms in total. The Hall–Kier alpha value is -1.34. The van der Waals surface area contributed by atoms with Crippen LogP contribution in [0.4, 0.5) is 4.79 Å².